The molecule has 0 heterocycles. The highest BCUT2D eigenvalue weighted by Crippen LogP contribution is 2.23. The maximum atomic E-state index is 4.28. The second-order valence-corrected chi connectivity index (χ2v) is 7.14. The summed E-state index contributed by atoms with van der Waals surface area (Å²) in [6.45, 7) is 8.52. The minimum absolute atomic E-state index is 0.853. The van der Waals surface area contributed by atoms with Crippen LogP contribution >= 0.6 is 0 Å². The van der Waals surface area contributed by atoms with E-state index in [1.54, 1.807) is 0 Å². The summed E-state index contributed by atoms with van der Waals surface area (Å²) in [5, 5.41) is 0. The molecule has 0 saturated heterocycles. The number of aryl methyl sites for hydroxylation is 1. The maximum absolute atomic E-state index is 4.28. The highest BCUT2D eigenvalue weighted by Gasteiger charge is 2.02. The Kier molecular flexibility index (Phi) is 7.21. The van der Waals surface area contributed by atoms with Gasteiger partial charge in [-0.1, -0.05) is 110 Å². The van der Waals surface area contributed by atoms with Crippen LogP contribution in [0.1, 0.15) is 41.5 Å². The van der Waals surface area contributed by atoms with Gasteiger partial charge in [0, 0.05) is 0 Å². The number of benzene rings is 3. The molecule has 3 aromatic rings. The maximum Gasteiger partial charge on any atom is -0.00941 e. The van der Waals surface area contributed by atoms with Crippen molar-refractivity contribution in [3.8, 4) is 0 Å². The van der Waals surface area contributed by atoms with E-state index < -0.39 is 0 Å². The first kappa shape index (κ1) is 19.6. The molecule has 0 atom stereocenters. The molecule has 0 amide bonds. The lowest BCUT2D eigenvalue weighted by Gasteiger charge is -2.09. The molecule has 0 fully saturated rings. The summed E-state index contributed by atoms with van der Waals surface area (Å²) in [5.74, 6) is 0. The van der Waals surface area contributed by atoms with Gasteiger partial charge in [-0.2, -0.15) is 0 Å². The van der Waals surface area contributed by atoms with Crippen molar-refractivity contribution in [1.82, 2.24) is 0 Å². The fraction of sp³-hybridized carbons (Fsp3) is 0.143. The summed E-state index contributed by atoms with van der Waals surface area (Å²) in [4.78, 5) is 0. The molecule has 0 aliphatic heterocycles. The van der Waals surface area contributed by atoms with Crippen LogP contribution in [0, 0.1) is 0 Å². The van der Waals surface area contributed by atoms with Crippen LogP contribution in [0.2, 0.25) is 0 Å². The average molecular weight is 365 g/mol. The molecule has 0 unspecified atom stereocenters. The summed E-state index contributed by atoms with van der Waals surface area (Å²) in [6, 6.07) is 29.7. The standard InChI is InChI=1S/C28H28/c1-23(11-9-17-25-13-5-3-6-14-25)27-19-21-28(22-20-27)24(2)12-10-18-26-15-7-4-8-16-26/h3-9,13-17,19-22H,1-2,10-12,18H2/b17-9+. The van der Waals surface area contributed by atoms with E-state index in [1.807, 2.05) is 6.07 Å². The molecule has 0 spiro atoms. The first-order valence-corrected chi connectivity index (χ1v) is 9.94. The van der Waals surface area contributed by atoms with Crippen molar-refractivity contribution < 1.29 is 0 Å². The molecule has 0 bridgehead atoms. The van der Waals surface area contributed by atoms with Crippen LogP contribution < -0.4 is 0 Å². The van der Waals surface area contributed by atoms with E-state index in [0.717, 1.165) is 31.3 Å². The molecule has 140 valence electrons. The van der Waals surface area contributed by atoms with E-state index in [4.69, 9.17) is 0 Å². The monoisotopic (exact) mass is 364 g/mol. The third-order valence-electron chi connectivity index (χ3n) is 4.96. The summed E-state index contributed by atoms with van der Waals surface area (Å²) in [5.41, 5.74) is 7.37. The molecule has 0 nitrogen and oxygen atoms in total. The second kappa shape index (κ2) is 10.3. The zero-order valence-electron chi connectivity index (χ0n) is 16.5. The van der Waals surface area contributed by atoms with Crippen LogP contribution in [0.3, 0.4) is 0 Å². The quantitative estimate of drug-likeness (QED) is 0.363. The molecule has 0 aromatic heterocycles. The summed E-state index contributed by atoms with van der Waals surface area (Å²) < 4.78 is 0. The Labute approximate surface area is 169 Å². The fourth-order valence-electron chi connectivity index (χ4n) is 3.26. The van der Waals surface area contributed by atoms with Gasteiger partial charge in [0.05, 0.1) is 0 Å². The van der Waals surface area contributed by atoms with Crippen molar-refractivity contribution in [2.75, 3.05) is 0 Å². The van der Waals surface area contributed by atoms with Gasteiger partial charge in [0.25, 0.3) is 0 Å². The first-order valence-electron chi connectivity index (χ1n) is 9.94. The van der Waals surface area contributed by atoms with E-state index in [1.165, 1.54) is 27.8 Å². The Morgan fingerprint density at radius 3 is 1.89 bits per heavy atom. The Bertz CT molecular complexity index is 913. The Hall–Kier alpha value is -3.12. The molecule has 3 rings (SSSR count). The third-order valence-corrected chi connectivity index (χ3v) is 4.96. The zero-order valence-corrected chi connectivity index (χ0v) is 16.5. The highest BCUT2D eigenvalue weighted by molar-refractivity contribution is 5.70. The van der Waals surface area contributed by atoms with E-state index in [9.17, 15) is 0 Å². The summed E-state index contributed by atoms with van der Waals surface area (Å²) in [7, 11) is 0. The van der Waals surface area contributed by atoms with Crippen molar-refractivity contribution in [3.63, 3.8) is 0 Å². The van der Waals surface area contributed by atoms with Gasteiger partial charge in [0.1, 0.15) is 0 Å². The van der Waals surface area contributed by atoms with E-state index in [-0.39, 0.29) is 0 Å². The Balaban J connectivity index is 1.48. The Morgan fingerprint density at radius 2 is 1.25 bits per heavy atom. The van der Waals surface area contributed by atoms with Crippen molar-refractivity contribution in [1.29, 1.82) is 0 Å². The first-order chi connectivity index (χ1) is 13.7. The molecule has 28 heavy (non-hydrogen) atoms. The number of hydrogen-bond acceptors (Lipinski definition) is 0. The molecule has 0 N–H and O–H groups in total. The highest BCUT2D eigenvalue weighted by atomic mass is 14.1. The number of hydrogen-bond donors (Lipinski definition) is 0. The average Bonchev–Trinajstić information content (AvgIpc) is 2.75. The third kappa shape index (κ3) is 5.96. The second-order valence-electron chi connectivity index (χ2n) is 7.14. The minimum atomic E-state index is 0.853. The fourth-order valence-corrected chi connectivity index (χ4v) is 3.26. The van der Waals surface area contributed by atoms with Crippen molar-refractivity contribution >= 4 is 17.2 Å². The van der Waals surface area contributed by atoms with E-state index >= 15 is 0 Å². The predicted octanol–water partition coefficient (Wildman–Crippen LogP) is 7.84. The molecule has 3 aromatic carbocycles. The van der Waals surface area contributed by atoms with Crippen molar-refractivity contribution in [2.24, 2.45) is 0 Å². The smallest absolute Gasteiger partial charge is 0.00941 e. The van der Waals surface area contributed by atoms with Gasteiger partial charge in [-0.25, -0.2) is 0 Å². The van der Waals surface area contributed by atoms with Gasteiger partial charge in [-0.05, 0) is 59.1 Å². The number of rotatable bonds is 9. The van der Waals surface area contributed by atoms with Gasteiger partial charge < -0.3 is 0 Å². The summed E-state index contributed by atoms with van der Waals surface area (Å²) in [6.07, 6.45) is 8.42. The lowest BCUT2D eigenvalue weighted by atomic mass is 9.97. The van der Waals surface area contributed by atoms with Crippen LogP contribution in [0.5, 0.6) is 0 Å². The lowest BCUT2D eigenvalue weighted by Crippen LogP contribution is -1.89. The van der Waals surface area contributed by atoms with Gasteiger partial charge >= 0.3 is 0 Å². The lowest BCUT2D eigenvalue weighted by molar-refractivity contribution is 0.854. The van der Waals surface area contributed by atoms with Crippen LogP contribution in [-0.4, -0.2) is 0 Å². The largest absolute Gasteiger partial charge is 0.0952 e. The van der Waals surface area contributed by atoms with Crippen LogP contribution in [0.4, 0.5) is 0 Å². The SMILES string of the molecule is C=C(C/C=C/c1ccccc1)c1ccc(C(=C)CCCc2ccccc2)cc1. The van der Waals surface area contributed by atoms with Crippen molar-refractivity contribution in [2.45, 2.75) is 25.7 Å². The summed E-state index contributed by atoms with van der Waals surface area (Å²) >= 11 is 0. The van der Waals surface area contributed by atoms with E-state index in [2.05, 4.69) is 104 Å². The van der Waals surface area contributed by atoms with Gasteiger partial charge in [-0.15, -0.1) is 0 Å². The normalized spacial score (nSPS) is 10.9. The predicted molar refractivity (Wildman–Crippen MR) is 124 cm³/mol. The van der Waals surface area contributed by atoms with E-state index in [0.29, 0.717) is 0 Å². The molecule has 0 aliphatic rings. The molecular weight excluding hydrogens is 336 g/mol. The van der Waals surface area contributed by atoms with Gasteiger partial charge in [0.2, 0.25) is 0 Å². The number of allylic oxidation sites excluding steroid dienone is 3. The van der Waals surface area contributed by atoms with Gasteiger partial charge in [-0.3, -0.25) is 0 Å². The van der Waals surface area contributed by atoms with Gasteiger partial charge in [0.15, 0.2) is 0 Å². The van der Waals surface area contributed by atoms with Crippen LogP contribution in [0.15, 0.2) is 104 Å². The topological polar surface area (TPSA) is 0 Å². The van der Waals surface area contributed by atoms with Crippen LogP contribution in [-0.2, 0) is 6.42 Å². The zero-order chi connectivity index (χ0) is 19.6. The molecule has 0 aliphatic carbocycles. The molecular formula is C28H28. The Morgan fingerprint density at radius 1 is 0.679 bits per heavy atom. The molecule has 0 heteroatoms. The van der Waals surface area contributed by atoms with Crippen molar-refractivity contribution in [3.05, 3.63) is 126 Å². The van der Waals surface area contributed by atoms with Crippen LogP contribution in [0.25, 0.3) is 17.2 Å². The molecule has 0 saturated carbocycles. The molecule has 0 radical (unpaired) electrons. The minimum Gasteiger partial charge on any atom is -0.0952 e.